The number of sulfonamides is 1. The van der Waals surface area contributed by atoms with Gasteiger partial charge in [-0.05, 0) is 42.7 Å². The summed E-state index contributed by atoms with van der Waals surface area (Å²) >= 11 is 3.32. The van der Waals surface area contributed by atoms with Crippen LogP contribution in [-0.2, 0) is 21.4 Å². The van der Waals surface area contributed by atoms with E-state index in [2.05, 4.69) is 15.9 Å². The highest BCUT2D eigenvalue weighted by atomic mass is 79.9. The van der Waals surface area contributed by atoms with Crippen LogP contribution in [0.3, 0.4) is 0 Å². The van der Waals surface area contributed by atoms with Gasteiger partial charge in [-0.15, -0.1) is 0 Å². The first-order valence-electron chi connectivity index (χ1n) is 8.41. The molecule has 7 heteroatoms. The SMILES string of the molecule is O=C(O)CCCCCN(Cc1ccccc1)S(=O)(=O)c1ccc(Br)cc1. The first-order valence-corrected chi connectivity index (χ1v) is 10.6. The third kappa shape index (κ3) is 6.23. The number of hydrogen-bond donors (Lipinski definition) is 1. The van der Waals surface area contributed by atoms with Crippen molar-refractivity contribution < 1.29 is 18.3 Å². The van der Waals surface area contributed by atoms with E-state index >= 15 is 0 Å². The Bertz CT molecular complexity index is 807. The number of halogens is 1. The zero-order valence-corrected chi connectivity index (χ0v) is 16.7. The van der Waals surface area contributed by atoms with Crippen LogP contribution in [0.1, 0.15) is 31.2 Å². The number of carboxylic acid groups (broad SMARTS) is 1. The smallest absolute Gasteiger partial charge is 0.303 e. The predicted molar refractivity (Wildman–Crippen MR) is 104 cm³/mol. The Morgan fingerprint density at radius 1 is 0.962 bits per heavy atom. The normalized spacial score (nSPS) is 11.6. The summed E-state index contributed by atoms with van der Waals surface area (Å²) < 4.78 is 28.4. The number of rotatable bonds is 10. The maximum Gasteiger partial charge on any atom is 0.303 e. The van der Waals surface area contributed by atoms with E-state index < -0.39 is 16.0 Å². The number of unbranched alkanes of at least 4 members (excludes halogenated alkanes) is 2. The van der Waals surface area contributed by atoms with E-state index in [1.807, 2.05) is 30.3 Å². The summed E-state index contributed by atoms with van der Waals surface area (Å²) in [5.74, 6) is -0.825. The molecule has 26 heavy (non-hydrogen) atoms. The van der Waals surface area contributed by atoms with Crippen LogP contribution in [-0.4, -0.2) is 30.3 Å². The van der Waals surface area contributed by atoms with Crippen molar-refractivity contribution in [2.45, 2.75) is 37.1 Å². The molecule has 0 fully saturated rings. The predicted octanol–water partition coefficient (Wildman–Crippen LogP) is 4.29. The second-order valence-electron chi connectivity index (χ2n) is 5.98. The van der Waals surface area contributed by atoms with Crippen molar-refractivity contribution in [2.75, 3.05) is 6.54 Å². The Morgan fingerprint density at radius 3 is 2.23 bits per heavy atom. The second kappa shape index (κ2) is 9.85. The van der Waals surface area contributed by atoms with Crippen molar-refractivity contribution in [1.82, 2.24) is 4.31 Å². The maximum atomic E-state index is 13.0. The number of carbonyl (C=O) groups is 1. The molecular weight excluding hydrogens is 418 g/mol. The molecule has 0 saturated heterocycles. The lowest BCUT2D eigenvalue weighted by molar-refractivity contribution is -0.137. The Labute approximate surface area is 162 Å². The van der Waals surface area contributed by atoms with Gasteiger partial charge in [-0.1, -0.05) is 52.7 Å². The van der Waals surface area contributed by atoms with E-state index in [9.17, 15) is 13.2 Å². The molecule has 1 N–H and O–H groups in total. The largest absolute Gasteiger partial charge is 0.481 e. The van der Waals surface area contributed by atoms with Crippen LogP contribution in [0.4, 0.5) is 0 Å². The van der Waals surface area contributed by atoms with Gasteiger partial charge in [0.15, 0.2) is 0 Å². The molecule has 0 bridgehead atoms. The van der Waals surface area contributed by atoms with Gasteiger partial charge in [-0.2, -0.15) is 4.31 Å². The minimum atomic E-state index is -3.62. The van der Waals surface area contributed by atoms with E-state index in [1.165, 1.54) is 4.31 Å². The van der Waals surface area contributed by atoms with Gasteiger partial charge >= 0.3 is 5.97 Å². The third-order valence-corrected chi connectivity index (χ3v) is 6.34. The molecule has 2 rings (SSSR count). The summed E-state index contributed by atoms with van der Waals surface area (Å²) in [5, 5.41) is 8.71. The molecule has 0 spiro atoms. The number of nitrogens with zero attached hydrogens (tertiary/aromatic N) is 1. The molecule has 0 atom stereocenters. The highest BCUT2D eigenvalue weighted by molar-refractivity contribution is 9.10. The first-order chi connectivity index (χ1) is 12.4. The van der Waals surface area contributed by atoms with Crippen LogP contribution >= 0.6 is 15.9 Å². The van der Waals surface area contributed by atoms with Crippen molar-refractivity contribution >= 4 is 31.9 Å². The van der Waals surface area contributed by atoms with Crippen LogP contribution < -0.4 is 0 Å². The van der Waals surface area contributed by atoms with Crippen molar-refractivity contribution in [3.63, 3.8) is 0 Å². The van der Waals surface area contributed by atoms with Crippen molar-refractivity contribution in [3.8, 4) is 0 Å². The van der Waals surface area contributed by atoms with Crippen molar-refractivity contribution in [2.24, 2.45) is 0 Å². The standard InChI is InChI=1S/C19H22BrNO4S/c20-17-10-12-18(13-11-17)26(24,25)21(14-6-2-5-9-19(22)23)15-16-7-3-1-4-8-16/h1,3-4,7-8,10-13H,2,5-6,9,14-15H2,(H,22,23). The summed E-state index contributed by atoms with van der Waals surface area (Å²) in [7, 11) is -3.62. The molecule has 5 nitrogen and oxygen atoms in total. The number of hydrogen-bond acceptors (Lipinski definition) is 3. The van der Waals surface area contributed by atoms with Gasteiger partial charge in [0.1, 0.15) is 0 Å². The zero-order valence-electron chi connectivity index (χ0n) is 14.3. The molecule has 2 aromatic rings. The molecule has 0 aliphatic heterocycles. The Hall–Kier alpha value is -1.70. The molecule has 0 aliphatic carbocycles. The highest BCUT2D eigenvalue weighted by Crippen LogP contribution is 2.21. The summed E-state index contributed by atoms with van der Waals surface area (Å²) in [4.78, 5) is 10.9. The van der Waals surface area contributed by atoms with Gasteiger partial charge in [-0.3, -0.25) is 4.79 Å². The summed E-state index contributed by atoms with van der Waals surface area (Å²) in [6.45, 7) is 0.644. The average molecular weight is 440 g/mol. The van der Waals surface area contributed by atoms with Gasteiger partial charge in [-0.25, -0.2) is 8.42 Å². The summed E-state index contributed by atoms with van der Waals surface area (Å²) in [6.07, 6.45) is 1.95. The van der Waals surface area contributed by atoms with Gasteiger partial charge in [0, 0.05) is 24.0 Å². The quantitative estimate of drug-likeness (QED) is 0.560. The Morgan fingerprint density at radius 2 is 1.62 bits per heavy atom. The molecular formula is C19H22BrNO4S. The van der Waals surface area contributed by atoms with Crippen LogP contribution in [0.15, 0.2) is 64.0 Å². The molecule has 140 valence electrons. The molecule has 0 unspecified atom stereocenters. The molecule has 0 amide bonds. The topological polar surface area (TPSA) is 74.7 Å². The fourth-order valence-corrected chi connectivity index (χ4v) is 4.30. The summed E-state index contributed by atoms with van der Waals surface area (Å²) in [5.41, 5.74) is 0.915. The van der Waals surface area contributed by atoms with E-state index in [-0.39, 0.29) is 17.9 Å². The van der Waals surface area contributed by atoms with E-state index in [1.54, 1.807) is 24.3 Å². The summed E-state index contributed by atoms with van der Waals surface area (Å²) in [6, 6.07) is 16.0. The maximum absolute atomic E-state index is 13.0. The molecule has 0 aliphatic rings. The lowest BCUT2D eigenvalue weighted by Crippen LogP contribution is -2.31. The van der Waals surface area contributed by atoms with Crippen LogP contribution in [0.25, 0.3) is 0 Å². The van der Waals surface area contributed by atoms with E-state index in [0.717, 1.165) is 10.0 Å². The van der Waals surface area contributed by atoms with Gasteiger partial charge in [0.05, 0.1) is 4.90 Å². The minimum Gasteiger partial charge on any atom is -0.481 e. The van der Waals surface area contributed by atoms with Crippen LogP contribution in [0.5, 0.6) is 0 Å². The fourth-order valence-electron chi connectivity index (χ4n) is 2.57. The van der Waals surface area contributed by atoms with Gasteiger partial charge in [0.25, 0.3) is 0 Å². The molecule has 2 aromatic carbocycles. The number of aliphatic carboxylic acids is 1. The first kappa shape index (κ1) is 20.6. The lowest BCUT2D eigenvalue weighted by Gasteiger charge is -2.22. The fraction of sp³-hybridized carbons (Fsp3) is 0.316. The molecule has 0 saturated carbocycles. The molecule has 0 aromatic heterocycles. The average Bonchev–Trinajstić information content (AvgIpc) is 2.61. The Balaban J connectivity index is 2.13. The highest BCUT2D eigenvalue weighted by Gasteiger charge is 2.24. The third-order valence-electron chi connectivity index (χ3n) is 3.95. The second-order valence-corrected chi connectivity index (χ2v) is 8.84. The number of carboxylic acids is 1. The zero-order chi connectivity index (χ0) is 19.0. The van der Waals surface area contributed by atoms with Gasteiger partial charge < -0.3 is 5.11 Å². The Kier molecular flexibility index (Phi) is 7.81. The van der Waals surface area contributed by atoms with E-state index in [4.69, 9.17) is 5.11 Å². The minimum absolute atomic E-state index is 0.109. The monoisotopic (exact) mass is 439 g/mol. The number of benzene rings is 2. The van der Waals surface area contributed by atoms with Crippen molar-refractivity contribution in [3.05, 3.63) is 64.6 Å². The molecule has 0 heterocycles. The van der Waals surface area contributed by atoms with Crippen molar-refractivity contribution in [1.29, 1.82) is 0 Å². The molecule has 0 radical (unpaired) electrons. The van der Waals surface area contributed by atoms with Crippen LogP contribution in [0, 0.1) is 0 Å². The van der Waals surface area contributed by atoms with Gasteiger partial charge in [0.2, 0.25) is 10.0 Å². The van der Waals surface area contributed by atoms with E-state index in [0.29, 0.717) is 25.8 Å². The lowest BCUT2D eigenvalue weighted by atomic mass is 10.2. The van der Waals surface area contributed by atoms with Crippen LogP contribution in [0.2, 0.25) is 0 Å².